The highest BCUT2D eigenvalue weighted by Gasteiger charge is 2.31. The van der Waals surface area contributed by atoms with Crippen molar-refractivity contribution in [3.63, 3.8) is 0 Å². The van der Waals surface area contributed by atoms with Gasteiger partial charge in [-0.15, -0.1) is 0 Å². The first-order valence-electron chi connectivity index (χ1n) is 12.8. The Kier molecular flexibility index (Phi) is 9.14. The number of hydrogen-bond acceptors (Lipinski definition) is 3. The third kappa shape index (κ3) is 6.87. The first-order chi connectivity index (χ1) is 17.1. The Morgan fingerprint density at radius 2 is 1.75 bits per heavy atom. The summed E-state index contributed by atoms with van der Waals surface area (Å²) in [7, 11) is 0. The van der Waals surface area contributed by atoms with E-state index in [4.69, 9.17) is 4.74 Å². The van der Waals surface area contributed by atoms with Crippen LogP contribution in [-0.4, -0.2) is 42.5 Å². The van der Waals surface area contributed by atoms with Crippen LogP contribution in [0.15, 0.2) is 49.6 Å². The number of aryl methyl sites for hydroxylation is 2. The molecule has 0 aromatic heterocycles. The average molecular weight is 489 g/mol. The number of nitrogens with one attached hydrogen (secondary N) is 1. The molecule has 0 aliphatic carbocycles. The number of piperidine rings is 1. The van der Waals surface area contributed by atoms with E-state index in [-0.39, 0.29) is 17.9 Å². The molecule has 1 saturated heterocycles. The molecular formula is C31H40N2O3. The zero-order chi connectivity index (χ0) is 26.3. The summed E-state index contributed by atoms with van der Waals surface area (Å²) in [6.07, 6.45) is 6.56. The molecule has 1 aliphatic rings. The van der Waals surface area contributed by atoms with Crippen LogP contribution in [0.4, 0.5) is 0 Å². The summed E-state index contributed by atoms with van der Waals surface area (Å²) in [5, 5.41) is 3.22. The van der Waals surface area contributed by atoms with Gasteiger partial charge in [0.05, 0.1) is 6.61 Å². The van der Waals surface area contributed by atoms with Crippen molar-refractivity contribution in [2.75, 3.05) is 19.7 Å². The Labute approximate surface area is 216 Å². The lowest BCUT2D eigenvalue weighted by molar-refractivity contribution is -0.130. The molecule has 36 heavy (non-hydrogen) atoms. The average Bonchev–Trinajstić information content (AvgIpc) is 2.88. The second-order valence-corrected chi connectivity index (χ2v) is 10.4. The van der Waals surface area contributed by atoms with Gasteiger partial charge in [0.15, 0.2) is 0 Å². The van der Waals surface area contributed by atoms with E-state index in [1.54, 1.807) is 12.2 Å². The smallest absolute Gasteiger partial charge is 0.253 e. The van der Waals surface area contributed by atoms with E-state index in [0.29, 0.717) is 25.3 Å². The third-order valence-electron chi connectivity index (χ3n) is 7.05. The zero-order valence-electron chi connectivity index (χ0n) is 22.2. The number of rotatable bonds is 10. The molecule has 2 aromatic carbocycles. The van der Waals surface area contributed by atoms with E-state index in [2.05, 4.69) is 43.6 Å². The van der Waals surface area contributed by atoms with Crippen molar-refractivity contribution in [3.8, 4) is 5.75 Å². The lowest BCUT2D eigenvalue weighted by Crippen LogP contribution is -2.49. The quantitative estimate of drug-likeness (QED) is 0.405. The number of ether oxygens (including phenoxy) is 1. The maximum atomic E-state index is 13.0. The van der Waals surface area contributed by atoms with Crippen molar-refractivity contribution in [1.29, 1.82) is 0 Å². The summed E-state index contributed by atoms with van der Waals surface area (Å²) in [6, 6.07) is 11.9. The van der Waals surface area contributed by atoms with Gasteiger partial charge in [0.25, 0.3) is 5.91 Å². The van der Waals surface area contributed by atoms with Crippen LogP contribution in [0.5, 0.6) is 5.75 Å². The molecule has 0 bridgehead atoms. The van der Waals surface area contributed by atoms with Crippen molar-refractivity contribution in [3.05, 3.63) is 77.4 Å². The minimum absolute atomic E-state index is 0.0164. The van der Waals surface area contributed by atoms with E-state index in [0.717, 1.165) is 48.1 Å². The molecule has 1 aliphatic heterocycles. The molecule has 192 valence electrons. The standard InChI is InChI=1S/C31H40N2O3/c1-7-24-12-13-26(21-25(24)8-2)29(34)33-17-14-27(15-18-33)32-30(35)31(5,6)16-9-19-36-28-20-22(3)10-11-23(28)4/h7-8,10-13,20-21,27H,1-2,9,14-19H2,3-6H3,(H,32,35). The minimum atomic E-state index is -0.480. The lowest BCUT2D eigenvalue weighted by Gasteiger charge is -2.34. The van der Waals surface area contributed by atoms with Crippen LogP contribution >= 0.6 is 0 Å². The fourth-order valence-corrected chi connectivity index (χ4v) is 4.53. The molecule has 3 rings (SSSR count). The highest BCUT2D eigenvalue weighted by Crippen LogP contribution is 2.26. The summed E-state index contributed by atoms with van der Waals surface area (Å²) in [6.45, 7) is 17.6. The molecule has 2 aromatic rings. The van der Waals surface area contributed by atoms with E-state index in [9.17, 15) is 9.59 Å². The molecule has 0 atom stereocenters. The van der Waals surface area contributed by atoms with Crippen molar-refractivity contribution >= 4 is 24.0 Å². The Bertz CT molecular complexity index is 1110. The molecule has 2 amide bonds. The van der Waals surface area contributed by atoms with Gasteiger partial charge in [-0.05, 0) is 80.0 Å². The van der Waals surface area contributed by atoms with E-state index >= 15 is 0 Å². The van der Waals surface area contributed by atoms with Gasteiger partial charge in [0, 0.05) is 30.1 Å². The van der Waals surface area contributed by atoms with Crippen molar-refractivity contribution < 1.29 is 14.3 Å². The van der Waals surface area contributed by atoms with Gasteiger partial charge in [0.2, 0.25) is 5.91 Å². The predicted molar refractivity (Wildman–Crippen MR) is 148 cm³/mol. The summed E-state index contributed by atoms with van der Waals surface area (Å²) in [5.41, 5.74) is 4.34. The summed E-state index contributed by atoms with van der Waals surface area (Å²) in [5.74, 6) is 0.994. The molecule has 1 fully saturated rings. The summed E-state index contributed by atoms with van der Waals surface area (Å²) in [4.78, 5) is 27.9. The Balaban J connectivity index is 1.45. The van der Waals surface area contributed by atoms with Gasteiger partial charge in [-0.2, -0.15) is 0 Å². The van der Waals surface area contributed by atoms with E-state index in [1.807, 2.05) is 43.9 Å². The fourth-order valence-electron chi connectivity index (χ4n) is 4.53. The molecule has 0 spiro atoms. The molecule has 0 radical (unpaired) electrons. The molecule has 1 heterocycles. The van der Waals surface area contributed by atoms with Gasteiger partial charge in [-0.1, -0.05) is 57.4 Å². The molecule has 0 unspecified atom stereocenters. The number of likely N-dealkylation sites (tertiary alicyclic amines) is 1. The van der Waals surface area contributed by atoms with Gasteiger partial charge in [0.1, 0.15) is 5.75 Å². The second-order valence-electron chi connectivity index (χ2n) is 10.4. The normalized spacial score (nSPS) is 14.3. The lowest BCUT2D eigenvalue weighted by atomic mass is 9.86. The number of hydrogen-bond donors (Lipinski definition) is 1. The zero-order valence-corrected chi connectivity index (χ0v) is 22.2. The van der Waals surface area contributed by atoms with Crippen molar-refractivity contribution in [1.82, 2.24) is 10.2 Å². The molecule has 0 saturated carbocycles. The van der Waals surface area contributed by atoms with Crippen LogP contribution in [0.3, 0.4) is 0 Å². The van der Waals surface area contributed by atoms with E-state index < -0.39 is 5.41 Å². The van der Waals surface area contributed by atoms with Gasteiger partial charge in [-0.3, -0.25) is 9.59 Å². The van der Waals surface area contributed by atoms with Crippen LogP contribution in [0.25, 0.3) is 12.2 Å². The maximum absolute atomic E-state index is 13.0. The Hall–Kier alpha value is -3.34. The Morgan fingerprint density at radius 3 is 2.42 bits per heavy atom. The fraction of sp³-hybridized carbons (Fsp3) is 0.419. The molecule has 1 N–H and O–H groups in total. The summed E-state index contributed by atoms with van der Waals surface area (Å²) >= 11 is 0. The van der Waals surface area contributed by atoms with E-state index in [1.165, 1.54) is 5.56 Å². The van der Waals surface area contributed by atoms with Crippen LogP contribution in [0.2, 0.25) is 0 Å². The number of benzene rings is 2. The SMILES string of the molecule is C=Cc1ccc(C(=O)N2CCC(NC(=O)C(C)(C)CCCOc3cc(C)ccc3C)CC2)cc1C=C. The minimum Gasteiger partial charge on any atom is -0.493 e. The first kappa shape index (κ1) is 27.3. The third-order valence-corrected chi connectivity index (χ3v) is 7.05. The van der Waals surface area contributed by atoms with Crippen LogP contribution < -0.4 is 10.1 Å². The van der Waals surface area contributed by atoms with Gasteiger partial charge in [-0.25, -0.2) is 0 Å². The number of carbonyl (C=O) groups is 2. The maximum Gasteiger partial charge on any atom is 0.253 e. The second kappa shape index (κ2) is 12.1. The number of amides is 2. The first-order valence-corrected chi connectivity index (χ1v) is 12.8. The Morgan fingerprint density at radius 1 is 1.06 bits per heavy atom. The molecular weight excluding hydrogens is 448 g/mol. The number of nitrogens with zero attached hydrogens (tertiary/aromatic N) is 1. The van der Waals surface area contributed by atoms with Crippen molar-refractivity contribution in [2.24, 2.45) is 5.41 Å². The highest BCUT2D eigenvalue weighted by molar-refractivity contribution is 5.95. The molecule has 5 heteroatoms. The monoisotopic (exact) mass is 488 g/mol. The van der Waals surface area contributed by atoms with Crippen LogP contribution in [0, 0.1) is 19.3 Å². The predicted octanol–water partition coefficient (Wildman–Crippen LogP) is 6.20. The van der Waals surface area contributed by atoms with Crippen LogP contribution in [-0.2, 0) is 4.79 Å². The van der Waals surface area contributed by atoms with Crippen LogP contribution in [0.1, 0.15) is 72.1 Å². The van der Waals surface area contributed by atoms with Crippen molar-refractivity contribution in [2.45, 2.75) is 59.4 Å². The largest absolute Gasteiger partial charge is 0.493 e. The molecule has 5 nitrogen and oxygen atoms in total. The number of carbonyl (C=O) groups excluding carboxylic acids is 2. The topological polar surface area (TPSA) is 58.6 Å². The van der Waals surface area contributed by atoms with Gasteiger partial charge >= 0.3 is 0 Å². The van der Waals surface area contributed by atoms with Gasteiger partial charge < -0.3 is 15.0 Å². The summed E-state index contributed by atoms with van der Waals surface area (Å²) < 4.78 is 5.96. The highest BCUT2D eigenvalue weighted by atomic mass is 16.5.